The lowest BCUT2D eigenvalue weighted by atomic mass is 9.85. The number of amides is 2. The van der Waals surface area contributed by atoms with Crippen molar-refractivity contribution in [3.8, 4) is 0 Å². The third-order valence-corrected chi connectivity index (χ3v) is 3.59. The van der Waals surface area contributed by atoms with Crippen LogP contribution in [0, 0.1) is 0 Å². The minimum absolute atomic E-state index is 0.284. The van der Waals surface area contributed by atoms with Crippen LogP contribution in [0.15, 0.2) is 30.3 Å². The highest BCUT2D eigenvalue weighted by Gasteiger charge is 2.46. The molecule has 0 radical (unpaired) electrons. The highest BCUT2D eigenvalue weighted by Crippen LogP contribution is 2.22. The number of rotatable bonds is 3. The van der Waals surface area contributed by atoms with Crippen molar-refractivity contribution >= 4 is 18.7 Å². The van der Waals surface area contributed by atoms with E-state index in [1.165, 1.54) is 4.68 Å². The van der Waals surface area contributed by atoms with Gasteiger partial charge in [0.15, 0.2) is 13.3 Å². The van der Waals surface area contributed by atoms with Crippen molar-refractivity contribution in [3.05, 3.63) is 35.9 Å². The SMILES string of the molecule is C=[N+]1CCC(Cc2ccccc2)(NC(=O)OC(C)(C)C)C(=O)N1. The lowest BCUT2D eigenvalue weighted by Gasteiger charge is -2.35. The van der Waals surface area contributed by atoms with Crippen molar-refractivity contribution < 1.29 is 19.0 Å². The predicted octanol–water partition coefficient (Wildman–Crippen LogP) is 1.64. The van der Waals surface area contributed by atoms with Crippen molar-refractivity contribution in [2.24, 2.45) is 0 Å². The molecule has 1 unspecified atom stereocenters. The molecule has 2 amide bonds. The van der Waals surface area contributed by atoms with Crippen LogP contribution in [0.1, 0.15) is 32.8 Å². The Kier molecular flexibility index (Phi) is 4.73. The van der Waals surface area contributed by atoms with E-state index in [0.29, 0.717) is 19.4 Å². The molecule has 0 spiro atoms. The average Bonchev–Trinajstić information content (AvgIpc) is 2.42. The molecule has 1 aliphatic heterocycles. The third kappa shape index (κ3) is 4.55. The van der Waals surface area contributed by atoms with Crippen molar-refractivity contribution in [2.45, 2.75) is 44.8 Å². The molecule has 2 N–H and O–H groups in total. The molecule has 1 aromatic rings. The Labute approximate surface area is 136 Å². The number of hydrogen-bond donors (Lipinski definition) is 2. The van der Waals surface area contributed by atoms with Gasteiger partial charge >= 0.3 is 6.09 Å². The monoisotopic (exact) mass is 318 g/mol. The zero-order valence-corrected chi connectivity index (χ0v) is 13.9. The van der Waals surface area contributed by atoms with Crippen LogP contribution in [-0.2, 0) is 16.0 Å². The first-order valence-electron chi connectivity index (χ1n) is 7.64. The van der Waals surface area contributed by atoms with E-state index in [4.69, 9.17) is 4.74 Å². The molecule has 1 atom stereocenters. The summed E-state index contributed by atoms with van der Waals surface area (Å²) in [5, 5.41) is 2.78. The van der Waals surface area contributed by atoms with E-state index in [1.54, 1.807) is 20.8 Å². The second-order valence-corrected chi connectivity index (χ2v) is 6.83. The van der Waals surface area contributed by atoms with Gasteiger partial charge in [-0.25, -0.2) is 4.79 Å². The zero-order chi connectivity index (χ0) is 17.1. The molecule has 0 aliphatic carbocycles. The van der Waals surface area contributed by atoms with Gasteiger partial charge in [0.1, 0.15) is 11.1 Å². The number of carbonyl (C=O) groups is 2. The molecule has 1 saturated heterocycles. The zero-order valence-electron chi connectivity index (χ0n) is 13.9. The molecule has 1 aliphatic rings. The first-order chi connectivity index (χ1) is 10.7. The molecule has 6 nitrogen and oxygen atoms in total. The average molecular weight is 318 g/mol. The van der Waals surface area contributed by atoms with Crippen LogP contribution in [0.2, 0.25) is 0 Å². The first-order valence-corrected chi connectivity index (χ1v) is 7.64. The van der Waals surface area contributed by atoms with Crippen LogP contribution in [0.4, 0.5) is 4.79 Å². The summed E-state index contributed by atoms with van der Waals surface area (Å²) < 4.78 is 6.79. The fourth-order valence-corrected chi connectivity index (χ4v) is 2.52. The van der Waals surface area contributed by atoms with Crippen LogP contribution in [0.3, 0.4) is 0 Å². The Morgan fingerprint density at radius 1 is 1.39 bits per heavy atom. The second-order valence-electron chi connectivity index (χ2n) is 6.83. The van der Waals surface area contributed by atoms with Gasteiger partial charge in [0.2, 0.25) is 0 Å². The summed E-state index contributed by atoms with van der Waals surface area (Å²) in [7, 11) is 0. The molecule has 1 fully saturated rings. The Hall–Kier alpha value is -2.37. The van der Waals surface area contributed by atoms with Crippen molar-refractivity contribution in [1.82, 2.24) is 10.7 Å². The predicted molar refractivity (Wildman–Crippen MR) is 87.3 cm³/mol. The standard InChI is InChI=1S/C17H23N3O3/c1-16(2,3)23-15(22)18-17(10-11-20(4)19-14(17)21)12-13-8-6-5-7-9-13/h5-9H,4,10-12H2,1-3H3,(H-,18,19,21,22)/p+1. The van der Waals surface area contributed by atoms with Gasteiger partial charge in [-0.15, -0.1) is 10.1 Å². The second kappa shape index (κ2) is 6.40. The van der Waals surface area contributed by atoms with Gasteiger partial charge in [-0.3, -0.25) is 4.79 Å². The van der Waals surface area contributed by atoms with Crippen LogP contribution in [0.5, 0.6) is 0 Å². The summed E-state index contributed by atoms with van der Waals surface area (Å²) in [6, 6.07) is 9.59. The Bertz CT molecular complexity index is 607. The number of ether oxygens (including phenoxy) is 1. The third-order valence-electron chi connectivity index (χ3n) is 3.59. The quantitative estimate of drug-likeness (QED) is 0.832. The molecule has 0 saturated carbocycles. The summed E-state index contributed by atoms with van der Waals surface area (Å²) in [6.45, 7) is 9.61. The van der Waals surface area contributed by atoms with Crippen molar-refractivity contribution in [3.63, 3.8) is 0 Å². The normalized spacial score (nSPS) is 21.5. The highest BCUT2D eigenvalue weighted by atomic mass is 16.6. The van der Waals surface area contributed by atoms with E-state index >= 15 is 0 Å². The summed E-state index contributed by atoms with van der Waals surface area (Å²) in [4.78, 5) is 24.8. The van der Waals surface area contributed by atoms with E-state index in [9.17, 15) is 9.59 Å². The van der Waals surface area contributed by atoms with Gasteiger partial charge < -0.3 is 10.1 Å². The van der Waals surface area contributed by atoms with E-state index < -0.39 is 17.2 Å². The number of benzene rings is 1. The van der Waals surface area contributed by atoms with Gasteiger partial charge in [-0.05, 0) is 26.3 Å². The van der Waals surface area contributed by atoms with Crippen molar-refractivity contribution in [1.29, 1.82) is 0 Å². The van der Waals surface area contributed by atoms with Crippen LogP contribution in [0.25, 0.3) is 0 Å². The summed E-state index contributed by atoms with van der Waals surface area (Å²) in [5.41, 5.74) is 1.97. The number of hydrogen-bond acceptors (Lipinski definition) is 3. The maximum Gasteiger partial charge on any atom is 0.408 e. The fourth-order valence-electron chi connectivity index (χ4n) is 2.52. The maximum absolute atomic E-state index is 12.6. The molecule has 0 aromatic heterocycles. The molecular formula is C17H24N3O3+. The van der Waals surface area contributed by atoms with Crippen molar-refractivity contribution in [2.75, 3.05) is 6.54 Å². The Morgan fingerprint density at radius 2 is 2.04 bits per heavy atom. The van der Waals surface area contributed by atoms with E-state index in [1.807, 2.05) is 30.3 Å². The lowest BCUT2D eigenvalue weighted by Crippen LogP contribution is -2.66. The molecule has 124 valence electrons. The fraction of sp³-hybridized carbons (Fsp3) is 0.471. The van der Waals surface area contributed by atoms with Gasteiger partial charge in [-0.1, -0.05) is 30.3 Å². The van der Waals surface area contributed by atoms with E-state index in [-0.39, 0.29) is 5.91 Å². The van der Waals surface area contributed by atoms with Gasteiger partial charge in [-0.2, -0.15) is 0 Å². The van der Waals surface area contributed by atoms with Crippen LogP contribution in [-0.4, -0.2) is 41.1 Å². The lowest BCUT2D eigenvalue weighted by molar-refractivity contribution is -0.575. The van der Waals surface area contributed by atoms with Crippen LogP contribution >= 0.6 is 0 Å². The maximum atomic E-state index is 12.6. The van der Waals surface area contributed by atoms with E-state index in [2.05, 4.69) is 17.5 Å². The highest BCUT2D eigenvalue weighted by molar-refractivity contribution is 5.90. The molecule has 6 heteroatoms. The number of hydrazine groups is 1. The smallest absolute Gasteiger partial charge is 0.408 e. The Balaban J connectivity index is 2.23. The number of nitrogens with one attached hydrogen (secondary N) is 2. The van der Waals surface area contributed by atoms with E-state index in [0.717, 1.165) is 5.56 Å². The Morgan fingerprint density at radius 3 is 2.61 bits per heavy atom. The first kappa shape index (κ1) is 17.0. The minimum Gasteiger partial charge on any atom is -0.444 e. The molecular weight excluding hydrogens is 294 g/mol. The summed E-state index contributed by atoms with van der Waals surface area (Å²) >= 11 is 0. The number of nitrogens with zero attached hydrogens (tertiary/aromatic N) is 1. The summed E-state index contributed by atoms with van der Waals surface area (Å²) in [6.07, 6.45) is 0.254. The number of hydrazone groups is 1. The number of alkyl carbamates (subject to hydrolysis) is 1. The summed E-state index contributed by atoms with van der Waals surface area (Å²) in [5.74, 6) is -0.284. The molecule has 23 heavy (non-hydrogen) atoms. The number of carbonyl (C=O) groups excluding carboxylic acids is 2. The molecule has 0 bridgehead atoms. The van der Waals surface area contributed by atoms with Gasteiger partial charge in [0.25, 0.3) is 5.91 Å². The minimum atomic E-state index is -1.04. The largest absolute Gasteiger partial charge is 0.444 e. The topological polar surface area (TPSA) is 70.4 Å². The molecule has 2 rings (SSSR count). The van der Waals surface area contributed by atoms with Crippen LogP contribution < -0.4 is 10.7 Å². The van der Waals surface area contributed by atoms with Gasteiger partial charge in [0.05, 0.1) is 0 Å². The van der Waals surface area contributed by atoms with Gasteiger partial charge in [0, 0.05) is 12.8 Å². The molecule has 1 heterocycles. The molecule has 1 aromatic carbocycles.